The number of nitrogens with zero attached hydrogens (tertiary/aromatic N) is 3. The number of rotatable bonds is 5. The summed E-state index contributed by atoms with van der Waals surface area (Å²) in [7, 11) is 0. The van der Waals surface area contributed by atoms with Crippen molar-refractivity contribution in [2.45, 2.75) is 37.8 Å². The van der Waals surface area contributed by atoms with E-state index in [0.29, 0.717) is 34.2 Å². The van der Waals surface area contributed by atoms with Crippen LogP contribution in [-0.2, 0) is 11.0 Å². The highest BCUT2D eigenvalue weighted by Gasteiger charge is 2.40. The molecule has 0 spiro atoms. The number of benzene rings is 2. The van der Waals surface area contributed by atoms with Crippen LogP contribution in [0.3, 0.4) is 0 Å². The van der Waals surface area contributed by atoms with Gasteiger partial charge in [-0.25, -0.2) is 9.18 Å². The number of amides is 1. The number of aromatic nitrogens is 1. The quantitative estimate of drug-likeness (QED) is 0.343. The third-order valence-corrected chi connectivity index (χ3v) is 7.36. The third kappa shape index (κ3) is 4.74. The summed E-state index contributed by atoms with van der Waals surface area (Å²) in [6.07, 6.45) is 0.267. The Bertz CT molecular complexity index is 1260. The van der Waals surface area contributed by atoms with Crippen LogP contribution >= 0.6 is 0 Å². The summed E-state index contributed by atoms with van der Waals surface area (Å²) in [5, 5.41) is 0.565. The molecule has 2 fully saturated rings. The topological polar surface area (TPSA) is 45.3 Å². The number of carbonyl (C=O) groups excluding carboxylic acids is 1. The Morgan fingerprint density at radius 1 is 1.00 bits per heavy atom. The second-order valence-corrected chi connectivity index (χ2v) is 9.49. The van der Waals surface area contributed by atoms with Crippen molar-refractivity contribution in [3.63, 3.8) is 0 Å². The van der Waals surface area contributed by atoms with E-state index in [2.05, 4.69) is 4.90 Å². The van der Waals surface area contributed by atoms with Gasteiger partial charge in [-0.05, 0) is 92.8 Å². The summed E-state index contributed by atoms with van der Waals surface area (Å²) in [5.74, 6) is -0.822. The summed E-state index contributed by atoms with van der Waals surface area (Å²) in [6, 6.07) is 9.70. The van der Waals surface area contributed by atoms with Gasteiger partial charge in [0.1, 0.15) is 5.82 Å². The molecule has 184 valence electrons. The number of carbonyl (C=O) groups is 1. The van der Waals surface area contributed by atoms with E-state index < -0.39 is 11.7 Å². The van der Waals surface area contributed by atoms with Crippen molar-refractivity contribution in [3.8, 4) is 5.69 Å². The first-order valence-electron chi connectivity index (χ1n) is 11.9. The van der Waals surface area contributed by atoms with Gasteiger partial charge in [-0.15, -0.1) is 0 Å². The molecular weight excluding hydrogens is 462 g/mol. The van der Waals surface area contributed by atoms with Crippen molar-refractivity contribution in [3.05, 3.63) is 70.5 Å². The summed E-state index contributed by atoms with van der Waals surface area (Å²) >= 11 is 0. The first-order chi connectivity index (χ1) is 16.7. The van der Waals surface area contributed by atoms with Crippen LogP contribution in [0.4, 0.5) is 17.6 Å². The number of halogens is 4. The Labute approximate surface area is 199 Å². The molecule has 0 saturated carbocycles. The van der Waals surface area contributed by atoms with Gasteiger partial charge in [-0.2, -0.15) is 13.2 Å². The Kier molecular flexibility index (Phi) is 6.21. The Hall–Kier alpha value is -3.07. The zero-order chi connectivity index (χ0) is 24.7. The van der Waals surface area contributed by atoms with E-state index in [-0.39, 0.29) is 30.1 Å². The highest BCUT2D eigenvalue weighted by atomic mass is 19.4. The van der Waals surface area contributed by atoms with Crippen LogP contribution in [0.1, 0.15) is 42.7 Å². The number of piperidine rings is 1. The first-order valence-corrected chi connectivity index (χ1v) is 11.9. The molecule has 9 heteroatoms. The van der Waals surface area contributed by atoms with Gasteiger partial charge in [0, 0.05) is 28.6 Å². The summed E-state index contributed by atoms with van der Waals surface area (Å²) in [4.78, 5) is 25.5. The fourth-order valence-electron chi connectivity index (χ4n) is 5.36. The van der Waals surface area contributed by atoms with E-state index in [1.807, 2.05) is 10.8 Å². The predicted molar refractivity (Wildman–Crippen MR) is 123 cm³/mol. The van der Waals surface area contributed by atoms with Gasteiger partial charge in [-0.1, -0.05) is 0 Å². The van der Waals surface area contributed by atoms with Gasteiger partial charge in [0.05, 0.1) is 21.8 Å². The van der Waals surface area contributed by atoms with E-state index in [1.54, 1.807) is 12.1 Å². The highest BCUT2D eigenvalue weighted by Crippen LogP contribution is 2.39. The number of nitroso groups, excluding NO2 is 1. The molecule has 2 aliphatic heterocycles. The Morgan fingerprint density at radius 3 is 2.34 bits per heavy atom. The molecule has 1 amide bonds. The van der Waals surface area contributed by atoms with Crippen molar-refractivity contribution >= 4 is 16.8 Å². The lowest BCUT2D eigenvalue weighted by Crippen LogP contribution is -2.35. The molecule has 2 aromatic carbocycles. The zero-order valence-corrected chi connectivity index (χ0v) is 19.1. The van der Waals surface area contributed by atoms with Gasteiger partial charge in [0.2, 0.25) is 6.54 Å². The molecule has 3 aromatic rings. The van der Waals surface area contributed by atoms with E-state index in [1.165, 1.54) is 24.3 Å². The van der Waals surface area contributed by atoms with Crippen molar-refractivity contribution in [2.24, 2.45) is 5.92 Å². The lowest BCUT2D eigenvalue weighted by molar-refractivity contribution is -0.454. The van der Waals surface area contributed by atoms with E-state index in [9.17, 15) is 27.3 Å². The van der Waals surface area contributed by atoms with Crippen LogP contribution in [0.2, 0.25) is 0 Å². The maximum atomic E-state index is 13.5. The van der Waals surface area contributed by atoms with Gasteiger partial charge in [0.15, 0.2) is 0 Å². The Balaban J connectivity index is 1.38. The molecule has 3 heterocycles. The minimum absolute atomic E-state index is 0.0872. The largest absolute Gasteiger partial charge is 0.436 e. The number of hydrogen-bond donors (Lipinski definition) is 0. The smallest absolute Gasteiger partial charge is 0.316 e. The third-order valence-electron chi connectivity index (χ3n) is 7.36. The van der Waals surface area contributed by atoms with Crippen molar-refractivity contribution < 1.29 is 27.1 Å². The predicted octanol–water partition coefficient (Wildman–Crippen LogP) is 5.68. The molecule has 5 rings (SSSR count). The Morgan fingerprint density at radius 2 is 1.71 bits per heavy atom. The average molecular weight is 489 g/mol. The molecule has 1 atom stereocenters. The molecule has 0 N–H and O–H groups in total. The molecule has 0 aliphatic carbocycles. The molecule has 0 bridgehead atoms. The molecule has 5 nitrogen and oxygen atoms in total. The monoisotopic (exact) mass is 488 g/mol. The number of alkyl halides is 3. The fraction of sp³-hybridized carbons (Fsp3) is 0.423. The summed E-state index contributed by atoms with van der Waals surface area (Å²) in [6.45, 7) is 2.54. The minimum atomic E-state index is -4.44. The fourth-order valence-corrected chi connectivity index (χ4v) is 5.36. The van der Waals surface area contributed by atoms with Gasteiger partial charge in [-0.3, -0.25) is 0 Å². The number of fused-ring (bicyclic) bond motifs is 1. The molecular formula is C26H26F4N3O2+. The molecule has 0 radical (unpaired) electrons. The lowest BCUT2D eigenvalue weighted by atomic mass is 9.88. The van der Waals surface area contributed by atoms with Crippen molar-refractivity contribution in [1.29, 1.82) is 0 Å². The summed E-state index contributed by atoms with van der Waals surface area (Å²) < 4.78 is 56.3. The normalized spacial score (nSPS) is 20.3. The molecule has 35 heavy (non-hydrogen) atoms. The second-order valence-electron chi connectivity index (χ2n) is 9.49. The number of likely N-dealkylation sites (tertiary alicyclic amines) is 1. The van der Waals surface area contributed by atoms with Crippen LogP contribution < -0.4 is 0 Å². The van der Waals surface area contributed by atoms with E-state index in [4.69, 9.17) is 0 Å². The molecule has 2 saturated heterocycles. The highest BCUT2D eigenvalue weighted by molar-refractivity contribution is 5.87. The van der Waals surface area contributed by atoms with Crippen molar-refractivity contribution in [1.82, 2.24) is 9.47 Å². The van der Waals surface area contributed by atoms with Crippen LogP contribution in [0.25, 0.3) is 16.6 Å². The van der Waals surface area contributed by atoms with Crippen LogP contribution in [0, 0.1) is 16.6 Å². The molecule has 1 unspecified atom stereocenters. The first kappa shape index (κ1) is 23.7. The van der Waals surface area contributed by atoms with Crippen molar-refractivity contribution in [2.75, 3.05) is 26.2 Å². The second kappa shape index (κ2) is 9.18. The van der Waals surface area contributed by atoms with Gasteiger partial charge >= 0.3 is 12.1 Å². The minimum Gasteiger partial charge on any atom is -0.316 e. The lowest BCUT2D eigenvalue weighted by Gasteiger charge is -2.32. The number of hydrogen-bond acceptors (Lipinski definition) is 3. The zero-order valence-electron chi connectivity index (χ0n) is 19.1. The van der Waals surface area contributed by atoms with Crippen LogP contribution in [0.15, 0.2) is 48.7 Å². The van der Waals surface area contributed by atoms with Gasteiger partial charge in [0.25, 0.3) is 0 Å². The standard InChI is InChI=1S/C26H26F4N3O2/c27-20-2-4-21(5-3-20)32-16-23(22-15-19(26(28,29)30)1-6-24(22)32)17-7-11-31(12-8-17)13-9-18-10-14-33(35)25(18)34/h1-6,15-18H,7-14H2/q+1. The average Bonchev–Trinajstić information content (AvgIpc) is 3.38. The molecule has 2 aliphatic rings. The van der Waals surface area contributed by atoms with E-state index >= 15 is 0 Å². The maximum Gasteiger partial charge on any atom is 0.436 e. The van der Waals surface area contributed by atoms with Crippen LogP contribution in [0.5, 0.6) is 0 Å². The summed E-state index contributed by atoms with van der Waals surface area (Å²) in [5.41, 5.74) is 1.52. The maximum absolute atomic E-state index is 13.5. The van der Waals surface area contributed by atoms with Gasteiger partial charge < -0.3 is 9.47 Å². The van der Waals surface area contributed by atoms with Crippen LogP contribution in [-0.4, -0.2) is 46.3 Å². The SMILES string of the molecule is O=C1C(CCN2CCC(c3cn(-c4ccc(F)cc4)c4ccc(C(F)(F)F)cc34)CC2)CC[N+]1=O. The molecule has 1 aromatic heterocycles. The van der Waals surface area contributed by atoms with E-state index in [0.717, 1.165) is 44.1 Å².